The van der Waals surface area contributed by atoms with Gasteiger partial charge in [0.1, 0.15) is 0 Å². The van der Waals surface area contributed by atoms with E-state index in [9.17, 15) is 5.11 Å². The molecule has 1 radical (unpaired) electrons. The third-order valence-electron chi connectivity index (χ3n) is 2.30. The van der Waals surface area contributed by atoms with Crippen molar-refractivity contribution >= 4 is 8.32 Å². The SMILES string of the molecule is CC[Si](CC)(CC)OC[O]. The minimum Gasteiger partial charge on any atom is -0.392 e. The molecular weight excluding hydrogens is 144 g/mol. The second-order valence-electron chi connectivity index (χ2n) is 2.51. The van der Waals surface area contributed by atoms with E-state index in [2.05, 4.69) is 20.8 Å². The molecule has 0 rings (SSSR count). The Morgan fingerprint density at radius 3 is 1.60 bits per heavy atom. The average Bonchev–Trinajstić information content (AvgIpc) is 2.01. The summed E-state index contributed by atoms with van der Waals surface area (Å²) >= 11 is 0. The summed E-state index contributed by atoms with van der Waals surface area (Å²) in [5, 5.41) is 10.2. The van der Waals surface area contributed by atoms with E-state index in [1.165, 1.54) is 0 Å². The molecule has 10 heavy (non-hydrogen) atoms. The average molecular weight is 161 g/mol. The molecule has 0 aromatic heterocycles. The van der Waals surface area contributed by atoms with Crippen LogP contribution in [0.15, 0.2) is 0 Å². The van der Waals surface area contributed by atoms with Crippen LogP contribution in [-0.4, -0.2) is 15.1 Å². The number of rotatable bonds is 5. The summed E-state index contributed by atoms with van der Waals surface area (Å²) in [6, 6.07) is 3.22. The van der Waals surface area contributed by atoms with Gasteiger partial charge in [-0.05, 0) is 18.1 Å². The molecule has 61 valence electrons. The van der Waals surface area contributed by atoms with Crippen molar-refractivity contribution in [3.63, 3.8) is 0 Å². The van der Waals surface area contributed by atoms with E-state index >= 15 is 0 Å². The minimum atomic E-state index is -1.53. The van der Waals surface area contributed by atoms with Crippen LogP contribution in [-0.2, 0) is 9.53 Å². The van der Waals surface area contributed by atoms with E-state index in [1.54, 1.807) is 0 Å². The van der Waals surface area contributed by atoms with Gasteiger partial charge in [-0.15, -0.1) is 0 Å². The van der Waals surface area contributed by atoms with E-state index < -0.39 is 8.32 Å². The predicted octanol–water partition coefficient (Wildman–Crippen LogP) is 2.40. The maximum Gasteiger partial charge on any atom is 0.195 e. The first-order chi connectivity index (χ1) is 4.74. The summed E-state index contributed by atoms with van der Waals surface area (Å²) < 4.78 is 5.26. The van der Waals surface area contributed by atoms with Gasteiger partial charge >= 0.3 is 0 Å². The van der Waals surface area contributed by atoms with Gasteiger partial charge in [0.15, 0.2) is 15.1 Å². The second kappa shape index (κ2) is 4.88. The highest BCUT2D eigenvalue weighted by molar-refractivity contribution is 6.73. The minimum absolute atomic E-state index is 0.345. The van der Waals surface area contributed by atoms with E-state index in [-0.39, 0.29) is 6.79 Å². The summed E-state index contributed by atoms with van der Waals surface area (Å²) in [6.45, 7) is 6.01. The van der Waals surface area contributed by atoms with Crippen LogP contribution in [0.5, 0.6) is 0 Å². The van der Waals surface area contributed by atoms with Crippen molar-refractivity contribution in [3.05, 3.63) is 0 Å². The van der Waals surface area contributed by atoms with Crippen molar-refractivity contribution in [2.45, 2.75) is 38.9 Å². The van der Waals surface area contributed by atoms with Crippen molar-refractivity contribution in [3.8, 4) is 0 Å². The van der Waals surface area contributed by atoms with Crippen molar-refractivity contribution < 1.29 is 9.53 Å². The lowest BCUT2D eigenvalue weighted by molar-refractivity contribution is 0.0291. The zero-order valence-corrected chi connectivity index (χ0v) is 8.14. The van der Waals surface area contributed by atoms with Crippen LogP contribution in [0.25, 0.3) is 0 Å². The Bertz CT molecular complexity index is 73.4. The summed E-state index contributed by atoms with van der Waals surface area (Å²) in [5.74, 6) is 0. The van der Waals surface area contributed by atoms with Gasteiger partial charge in [-0.1, -0.05) is 20.8 Å². The Morgan fingerprint density at radius 2 is 1.50 bits per heavy atom. The maximum absolute atomic E-state index is 10.2. The third-order valence-corrected chi connectivity index (χ3v) is 6.89. The van der Waals surface area contributed by atoms with Crippen LogP contribution in [0.2, 0.25) is 18.1 Å². The van der Waals surface area contributed by atoms with Gasteiger partial charge in [-0.25, -0.2) is 5.11 Å². The van der Waals surface area contributed by atoms with Crippen LogP contribution in [0.1, 0.15) is 20.8 Å². The topological polar surface area (TPSA) is 29.1 Å². The van der Waals surface area contributed by atoms with Gasteiger partial charge in [0, 0.05) is 0 Å². The molecule has 0 saturated carbocycles. The first-order valence-corrected chi connectivity index (χ1v) is 6.49. The third kappa shape index (κ3) is 2.40. The molecule has 0 atom stereocenters. The lowest BCUT2D eigenvalue weighted by atomic mass is 10.9. The van der Waals surface area contributed by atoms with Crippen LogP contribution < -0.4 is 0 Å². The number of hydrogen-bond donors (Lipinski definition) is 0. The second-order valence-corrected chi connectivity index (χ2v) is 7.28. The highest BCUT2D eigenvalue weighted by Gasteiger charge is 2.28. The van der Waals surface area contributed by atoms with Crippen LogP contribution in [0, 0.1) is 0 Å². The quantitative estimate of drug-likeness (QED) is 0.449. The van der Waals surface area contributed by atoms with Crippen molar-refractivity contribution in [1.29, 1.82) is 0 Å². The molecule has 0 bridgehead atoms. The molecule has 0 fully saturated rings. The standard InChI is InChI=1S/C7H17O2Si/c1-4-10(5-2,6-3)9-7-8/h4-7H2,1-3H3. The fourth-order valence-corrected chi connectivity index (χ4v) is 3.54. The largest absolute Gasteiger partial charge is 0.392 e. The van der Waals surface area contributed by atoms with Crippen molar-refractivity contribution in [1.82, 2.24) is 0 Å². The fraction of sp³-hybridized carbons (Fsp3) is 1.00. The van der Waals surface area contributed by atoms with Crippen molar-refractivity contribution in [2.24, 2.45) is 0 Å². The molecule has 0 unspecified atom stereocenters. The summed E-state index contributed by atoms with van der Waals surface area (Å²) in [7, 11) is -1.53. The van der Waals surface area contributed by atoms with Gasteiger partial charge in [0.05, 0.1) is 0 Å². The molecule has 0 aliphatic rings. The molecule has 0 aliphatic carbocycles. The molecule has 0 heterocycles. The first kappa shape index (κ1) is 10.1. The van der Waals surface area contributed by atoms with Gasteiger partial charge < -0.3 is 4.43 Å². The van der Waals surface area contributed by atoms with Crippen molar-refractivity contribution in [2.75, 3.05) is 6.79 Å². The molecule has 0 aromatic rings. The Morgan fingerprint density at radius 1 is 1.10 bits per heavy atom. The van der Waals surface area contributed by atoms with E-state index in [4.69, 9.17) is 4.43 Å². The van der Waals surface area contributed by atoms with Crippen LogP contribution in [0.3, 0.4) is 0 Å². The van der Waals surface area contributed by atoms with E-state index in [0.717, 1.165) is 18.1 Å². The molecule has 2 nitrogen and oxygen atoms in total. The zero-order chi connectivity index (χ0) is 8.04. The maximum atomic E-state index is 10.2. The molecule has 0 aromatic carbocycles. The Labute approximate surface area is 64.3 Å². The molecule has 0 saturated heterocycles. The molecule has 0 N–H and O–H groups in total. The molecule has 0 aliphatic heterocycles. The monoisotopic (exact) mass is 161 g/mol. The van der Waals surface area contributed by atoms with E-state index in [1.807, 2.05) is 0 Å². The van der Waals surface area contributed by atoms with Gasteiger partial charge in [0.2, 0.25) is 0 Å². The molecule has 0 spiro atoms. The smallest absolute Gasteiger partial charge is 0.195 e. The Balaban J connectivity index is 3.87. The molecular formula is C7H17O2Si. The Kier molecular flexibility index (Phi) is 4.94. The highest BCUT2D eigenvalue weighted by atomic mass is 28.4. The fourth-order valence-electron chi connectivity index (χ4n) is 1.18. The Hall–Kier alpha value is 0.137. The predicted molar refractivity (Wildman–Crippen MR) is 43.8 cm³/mol. The van der Waals surface area contributed by atoms with Gasteiger partial charge in [-0.2, -0.15) is 0 Å². The van der Waals surface area contributed by atoms with Crippen LogP contribution in [0.4, 0.5) is 0 Å². The highest BCUT2D eigenvalue weighted by Crippen LogP contribution is 2.20. The first-order valence-electron chi connectivity index (χ1n) is 3.96. The summed E-state index contributed by atoms with van der Waals surface area (Å²) in [4.78, 5) is 0. The van der Waals surface area contributed by atoms with Crippen LogP contribution >= 0.6 is 0 Å². The van der Waals surface area contributed by atoms with Gasteiger partial charge in [0.25, 0.3) is 0 Å². The lowest BCUT2D eigenvalue weighted by Gasteiger charge is -2.25. The molecule has 0 amide bonds. The zero-order valence-electron chi connectivity index (χ0n) is 7.14. The summed E-state index contributed by atoms with van der Waals surface area (Å²) in [6.07, 6.45) is 0. The van der Waals surface area contributed by atoms with E-state index in [0.29, 0.717) is 0 Å². The normalized spacial score (nSPS) is 12.0. The molecule has 3 heteroatoms. The summed E-state index contributed by atoms with van der Waals surface area (Å²) in [5.41, 5.74) is 0. The van der Waals surface area contributed by atoms with Gasteiger partial charge in [-0.3, -0.25) is 0 Å². The lowest BCUT2D eigenvalue weighted by Crippen LogP contribution is -2.35. The number of hydrogen-bond acceptors (Lipinski definition) is 1.